The fraction of sp³-hybridized carbons (Fsp3) is 0.278. The third-order valence-electron chi connectivity index (χ3n) is 3.92. The molecule has 140 valence electrons. The van der Waals surface area contributed by atoms with Crippen LogP contribution in [0, 0.1) is 6.92 Å². The number of ether oxygens (including phenoxy) is 1. The average Bonchev–Trinajstić information content (AvgIpc) is 2.58. The lowest BCUT2D eigenvalue weighted by atomic mass is 10.2. The first kappa shape index (κ1) is 20.1. The Morgan fingerprint density at radius 2 is 1.88 bits per heavy atom. The summed E-state index contributed by atoms with van der Waals surface area (Å²) in [5.74, 6) is 0.0260. The molecular formula is C18H21ClN2O4S. The molecule has 0 fully saturated rings. The predicted octanol–water partition coefficient (Wildman–Crippen LogP) is 3.45. The minimum Gasteiger partial charge on any atom is -0.497 e. The van der Waals surface area contributed by atoms with Crippen LogP contribution in [0.25, 0.3) is 0 Å². The number of nitrogens with zero attached hydrogens (tertiary/aromatic N) is 1. The van der Waals surface area contributed by atoms with Gasteiger partial charge in [-0.3, -0.25) is 9.10 Å². The van der Waals surface area contributed by atoms with Gasteiger partial charge in [-0.05, 0) is 43.7 Å². The molecule has 26 heavy (non-hydrogen) atoms. The minimum atomic E-state index is -3.71. The second kappa shape index (κ2) is 7.97. The highest BCUT2D eigenvalue weighted by atomic mass is 35.5. The number of amides is 1. The monoisotopic (exact) mass is 396 g/mol. The van der Waals surface area contributed by atoms with Crippen molar-refractivity contribution in [3.63, 3.8) is 0 Å². The number of halogens is 1. The van der Waals surface area contributed by atoms with Crippen LogP contribution < -0.4 is 14.4 Å². The number of sulfonamides is 1. The Morgan fingerprint density at radius 1 is 1.23 bits per heavy atom. The maximum Gasteiger partial charge on any atom is 0.248 e. The number of methoxy groups -OCH3 is 1. The maximum atomic E-state index is 12.7. The molecule has 6 nitrogen and oxygen atoms in total. The number of nitrogens with one attached hydrogen (secondary N) is 1. The van der Waals surface area contributed by atoms with Crippen molar-refractivity contribution < 1.29 is 17.9 Å². The third kappa shape index (κ3) is 4.47. The number of hydrogen-bond donors (Lipinski definition) is 1. The van der Waals surface area contributed by atoms with E-state index in [-0.39, 0.29) is 0 Å². The van der Waals surface area contributed by atoms with Crippen LogP contribution in [0.4, 0.5) is 11.4 Å². The van der Waals surface area contributed by atoms with Gasteiger partial charge in [0, 0.05) is 16.8 Å². The van der Waals surface area contributed by atoms with Crippen LogP contribution in [0.3, 0.4) is 0 Å². The van der Waals surface area contributed by atoms with Crippen LogP contribution in [0.2, 0.25) is 5.02 Å². The number of hydrogen-bond acceptors (Lipinski definition) is 4. The van der Waals surface area contributed by atoms with E-state index in [1.807, 2.05) is 0 Å². The van der Waals surface area contributed by atoms with Crippen LogP contribution >= 0.6 is 11.6 Å². The van der Waals surface area contributed by atoms with Gasteiger partial charge in [0.1, 0.15) is 11.8 Å². The first-order valence-electron chi connectivity index (χ1n) is 7.84. The van der Waals surface area contributed by atoms with Gasteiger partial charge in [-0.1, -0.05) is 23.7 Å². The average molecular weight is 397 g/mol. The van der Waals surface area contributed by atoms with Crippen molar-refractivity contribution in [3.8, 4) is 5.75 Å². The molecule has 1 N–H and O–H groups in total. The normalized spacial score (nSPS) is 12.3. The van der Waals surface area contributed by atoms with Crippen molar-refractivity contribution in [1.82, 2.24) is 0 Å². The van der Waals surface area contributed by atoms with Crippen LogP contribution in [0.5, 0.6) is 5.75 Å². The smallest absolute Gasteiger partial charge is 0.248 e. The summed E-state index contributed by atoms with van der Waals surface area (Å²) in [4.78, 5) is 12.7. The van der Waals surface area contributed by atoms with Gasteiger partial charge in [-0.25, -0.2) is 8.42 Å². The summed E-state index contributed by atoms with van der Waals surface area (Å²) in [7, 11) is -2.22. The van der Waals surface area contributed by atoms with Gasteiger partial charge in [0.15, 0.2) is 0 Å². The molecule has 2 aromatic rings. The molecule has 0 saturated carbocycles. The van der Waals surface area contributed by atoms with Gasteiger partial charge in [-0.15, -0.1) is 0 Å². The molecule has 2 rings (SSSR count). The highest BCUT2D eigenvalue weighted by molar-refractivity contribution is 7.92. The van der Waals surface area contributed by atoms with Crippen molar-refractivity contribution in [3.05, 3.63) is 53.1 Å². The predicted molar refractivity (Wildman–Crippen MR) is 105 cm³/mol. The molecule has 1 amide bonds. The molecular weight excluding hydrogens is 376 g/mol. The largest absolute Gasteiger partial charge is 0.497 e. The lowest BCUT2D eigenvalue weighted by Crippen LogP contribution is -2.45. The molecule has 0 aliphatic carbocycles. The van der Waals surface area contributed by atoms with Crippen molar-refractivity contribution in [1.29, 1.82) is 0 Å². The quantitative estimate of drug-likeness (QED) is 0.811. The molecule has 0 radical (unpaired) electrons. The lowest BCUT2D eigenvalue weighted by Gasteiger charge is -2.28. The first-order valence-corrected chi connectivity index (χ1v) is 10.1. The fourth-order valence-electron chi connectivity index (χ4n) is 2.54. The molecule has 0 aliphatic heterocycles. The van der Waals surface area contributed by atoms with Crippen LogP contribution in [-0.4, -0.2) is 33.7 Å². The summed E-state index contributed by atoms with van der Waals surface area (Å²) in [5.41, 5.74) is 1.59. The van der Waals surface area contributed by atoms with E-state index in [0.717, 1.165) is 10.6 Å². The van der Waals surface area contributed by atoms with Gasteiger partial charge >= 0.3 is 0 Å². The van der Waals surface area contributed by atoms with E-state index in [2.05, 4.69) is 5.32 Å². The van der Waals surface area contributed by atoms with Gasteiger partial charge in [0.05, 0.1) is 19.1 Å². The van der Waals surface area contributed by atoms with Gasteiger partial charge < -0.3 is 10.1 Å². The Balaban J connectivity index is 2.36. The molecule has 0 saturated heterocycles. The Morgan fingerprint density at radius 3 is 2.50 bits per heavy atom. The Bertz CT molecular complexity index is 915. The number of anilines is 2. The fourth-order valence-corrected chi connectivity index (χ4v) is 3.88. The molecule has 0 aromatic heterocycles. The van der Waals surface area contributed by atoms with Crippen molar-refractivity contribution in [2.45, 2.75) is 19.9 Å². The zero-order chi connectivity index (χ0) is 19.5. The molecule has 0 aliphatic rings. The topological polar surface area (TPSA) is 75.7 Å². The third-order valence-corrected chi connectivity index (χ3v) is 5.57. The summed E-state index contributed by atoms with van der Waals surface area (Å²) in [5, 5.41) is 3.26. The number of rotatable bonds is 6. The summed E-state index contributed by atoms with van der Waals surface area (Å²) < 4.78 is 30.9. The highest BCUT2D eigenvalue weighted by Gasteiger charge is 2.29. The molecule has 1 atom stereocenters. The van der Waals surface area contributed by atoms with Crippen LogP contribution in [0.15, 0.2) is 42.5 Å². The SMILES string of the molecule is COc1cccc(N([C@H](C)C(=O)Nc2cccc(Cl)c2C)S(C)(=O)=O)c1. The Kier molecular flexibility index (Phi) is 6.15. The van der Waals surface area contributed by atoms with E-state index < -0.39 is 22.0 Å². The Hall–Kier alpha value is -2.25. The second-order valence-electron chi connectivity index (χ2n) is 5.84. The highest BCUT2D eigenvalue weighted by Crippen LogP contribution is 2.27. The molecule has 2 aromatic carbocycles. The van der Waals surface area contributed by atoms with E-state index in [1.54, 1.807) is 49.4 Å². The Labute approximate surface area is 158 Å². The second-order valence-corrected chi connectivity index (χ2v) is 8.10. The summed E-state index contributed by atoms with van der Waals surface area (Å²) in [6.07, 6.45) is 1.06. The summed E-state index contributed by atoms with van der Waals surface area (Å²) in [6, 6.07) is 10.7. The zero-order valence-corrected chi connectivity index (χ0v) is 16.6. The summed E-state index contributed by atoms with van der Waals surface area (Å²) in [6.45, 7) is 3.30. The maximum absolute atomic E-state index is 12.7. The standard InChI is InChI=1S/C18H21ClN2O4S/c1-12-16(19)9-6-10-17(12)20-18(22)13(2)21(26(4,23)24)14-7-5-8-15(11-14)25-3/h5-11,13H,1-4H3,(H,20,22)/t13-/m1/s1. The molecule has 0 heterocycles. The van der Waals surface area contributed by atoms with Crippen LogP contribution in [-0.2, 0) is 14.8 Å². The zero-order valence-electron chi connectivity index (χ0n) is 15.0. The molecule has 8 heteroatoms. The van der Waals surface area contributed by atoms with Gasteiger partial charge in [-0.2, -0.15) is 0 Å². The summed E-state index contributed by atoms with van der Waals surface area (Å²) >= 11 is 6.07. The molecule has 0 spiro atoms. The molecule has 0 bridgehead atoms. The van der Waals surface area contributed by atoms with E-state index in [4.69, 9.17) is 16.3 Å². The van der Waals surface area contributed by atoms with E-state index in [9.17, 15) is 13.2 Å². The molecule has 0 unspecified atom stereocenters. The van der Waals surface area contributed by atoms with Crippen molar-refractivity contribution >= 4 is 38.9 Å². The van der Waals surface area contributed by atoms with Crippen molar-refractivity contribution in [2.24, 2.45) is 0 Å². The van der Waals surface area contributed by atoms with Crippen LogP contribution in [0.1, 0.15) is 12.5 Å². The van der Waals surface area contributed by atoms with E-state index in [1.165, 1.54) is 14.0 Å². The number of carbonyl (C=O) groups excluding carboxylic acids is 1. The number of benzene rings is 2. The first-order chi connectivity index (χ1) is 12.1. The van der Waals surface area contributed by atoms with Gasteiger partial charge in [0.2, 0.25) is 15.9 Å². The van der Waals surface area contributed by atoms with E-state index >= 15 is 0 Å². The van der Waals surface area contributed by atoms with Gasteiger partial charge in [0.25, 0.3) is 0 Å². The number of carbonyl (C=O) groups is 1. The van der Waals surface area contributed by atoms with E-state index in [0.29, 0.717) is 27.7 Å². The lowest BCUT2D eigenvalue weighted by molar-refractivity contribution is -0.116. The minimum absolute atomic E-state index is 0.345. The van der Waals surface area contributed by atoms with Crippen molar-refractivity contribution in [2.75, 3.05) is 23.0 Å².